The molecule has 4 heterocycles. The molecule has 2 aliphatic heterocycles. The molecule has 3 amide bonds. The topological polar surface area (TPSA) is 190 Å². The van der Waals surface area contributed by atoms with E-state index in [-0.39, 0.29) is 55.8 Å². The SMILES string of the molecule is CC1=C\[C@@H](O)CC(=O)Cc2nc(co2)C(=O)N2CCC[C@@H]2C(=O)O[C@H]([C@@H](C)COC(=O)Nc2csc(C)n2)[C@H](C)/C=C/C(=O)NC\C=C\1. The molecule has 4 rings (SSSR count). The lowest BCUT2D eigenvalue weighted by Gasteiger charge is -2.30. The van der Waals surface area contributed by atoms with Gasteiger partial charge >= 0.3 is 12.1 Å². The number of hydrogen-bond donors (Lipinski definition) is 3. The second kappa shape index (κ2) is 17.0. The summed E-state index contributed by atoms with van der Waals surface area (Å²) >= 11 is 1.38. The van der Waals surface area contributed by atoms with Crippen molar-refractivity contribution >= 4 is 46.8 Å². The highest BCUT2D eigenvalue weighted by Crippen LogP contribution is 2.26. The molecule has 0 aliphatic carbocycles. The van der Waals surface area contributed by atoms with Gasteiger partial charge in [-0.25, -0.2) is 19.6 Å². The van der Waals surface area contributed by atoms with Crippen LogP contribution in [0.2, 0.25) is 0 Å². The Hall–Kier alpha value is -4.63. The van der Waals surface area contributed by atoms with Crippen molar-refractivity contribution in [2.75, 3.05) is 25.0 Å². The number of oxazole rings is 1. The zero-order chi connectivity index (χ0) is 34.8. The molecule has 0 aromatic carbocycles. The molecule has 0 unspecified atom stereocenters. The molecule has 5 atom stereocenters. The molecule has 258 valence electrons. The largest absolute Gasteiger partial charge is 0.460 e. The number of ether oxygens (including phenoxy) is 2. The van der Waals surface area contributed by atoms with E-state index in [0.717, 1.165) is 11.3 Å². The second-order valence-corrected chi connectivity index (χ2v) is 13.0. The Morgan fingerprint density at radius 3 is 2.77 bits per heavy atom. The third-order valence-corrected chi connectivity index (χ3v) is 8.55. The van der Waals surface area contributed by atoms with Gasteiger partial charge in [0.1, 0.15) is 30.0 Å². The van der Waals surface area contributed by atoms with E-state index in [1.165, 1.54) is 28.4 Å². The third-order valence-electron chi connectivity index (χ3n) is 7.78. The first kappa shape index (κ1) is 36.2. The number of Topliss-reactive ketones (excluding diaryl/α,β-unsaturated/α-hetero) is 1. The van der Waals surface area contributed by atoms with Crippen LogP contribution in [0.4, 0.5) is 10.6 Å². The van der Waals surface area contributed by atoms with Crippen molar-refractivity contribution in [1.29, 1.82) is 0 Å². The molecular formula is C33H41N5O9S. The van der Waals surface area contributed by atoms with Gasteiger partial charge in [-0.05, 0) is 32.8 Å². The number of thiazole rings is 1. The Labute approximate surface area is 282 Å². The average Bonchev–Trinajstić information content (AvgIpc) is 3.80. The number of aromatic nitrogens is 2. The van der Waals surface area contributed by atoms with Crippen molar-refractivity contribution in [1.82, 2.24) is 20.2 Å². The summed E-state index contributed by atoms with van der Waals surface area (Å²) < 4.78 is 16.8. The maximum atomic E-state index is 13.6. The highest BCUT2D eigenvalue weighted by Gasteiger charge is 2.39. The number of carbonyl (C=O) groups excluding carboxylic acids is 5. The van der Waals surface area contributed by atoms with Crippen molar-refractivity contribution in [3.63, 3.8) is 0 Å². The molecule has 1 fully saturated rings. The van der Waals surface area contributed by atoms with Crippen molar-refractivity contribution in [2.45, 2.75) is 71.6 Å². The molecular weight excluding hydrogens is 642 g/mol. The zero-order valence-electron chi connectivity index (χ0n) is 27.3. The first-order valence-corrected chi connectivity index (χ1v) is 16.6. The van der Waals surface area contributed by atoms with Gasteiger partial charge in [0.2, 0.25) is 11.8 Å². The van der Waals surface area contributed by atoms with E-state index in [2.05, 4.69) is 20.6 Å². The molecule has 0 saturated carbocycles. The predicted molar refractivity (Wildman–Crippen MR) is 175 cm³/mol. The van der Waals surface area contributed by atoms with Crippen molar-refractivity contribution in [3.05, 3.63) is 64.2 Å². The third kappa shape index (κ3) is 10.4. The quantitative estimate of drug-likeness (QED) is 0.400. The van der Waals surface area contributed by atoms with E-state index in [1.807, 2.05) is 6.92 Å². The molecule has 3 N–H and O–H groups in total. The van der Waals surface area contributed by atoms with Gasteiger partial charge < -0.3 is 29.2 Å². The summed E-state index contributed by atoms with van der Waals surface area (Å²) in [6.45, 7) is 7.45. The lowest BCUT2D eigenvalue weighted by atomic mass is 9.93. The fourth-order valence-electron chi connectivity index (χ4n) is 5.41. The van der Waals surface area contributed by atoms with Crippen molar-refractivity contribution < 1.29 is 43.0 Å². The number of amides is 3. The highest BCUT2D eigenvalue weighted by molar-refractivity contribution is 7.09. The molecule has 2 aromatic rings. The van der Waals surface area contributed by atoms with E-state index in [0.29, 0.717) is 24.2 Å². The minimum absolute atomic E-state index is 0.0204. The number of fused-ring (bicyclic) bond motifs is 3. The predicted octanol–water partition coefficient (Wildman–Crippen LogP) is 3.53. The van der Waals surface area contributed by atoms with Gasteiger partial charge in [0.15, 0.2) is 5.69 Å². The van der Waals surface area contributed by atoms with Crippen LogP contribution < -0.4 is 10.6 Å². The van der Waals surface area contributed by atoms with Gasteiger partial charge in [-0.1, -0.05) is 43.7 Å². The number of nitrogens with one attached hydrogen (secondary N) is 2. The van der Waals surface area contributed by atoms with Crippen molar-refractivity contribution in [2.24, 2.45) is 11.8 Å². The zero-order valence-corrected chi connectivity index (χ0v) is 28.2. The minimum Gasteiger partial charge on any atom is -0.460 e. The number of allylic oxidation sites excluding steroid dienone is 2. The first-order chi connectivity index (χ1) is 22.9. The van der Waals surface area contributed by atoms with Crippen LogP contribution in [-0.4, -0.2) is 87.6 Å². The Kier molecular flexibility index (Phi) is 12.8. The minimum atomic E-state index is -1.05. The smallest absolute Gasteiger partial charge is 0.412 e. The Morgan fingerprint density at radius 1 is 1.23 bits per heavy atom. The normalized spacial score (nSPS) is 26.4. The van der Waals surface area contributed by atoms with Crippen LogP contribution in [0.3, 0.4) is 0 Å². The van der Waals surface area contributed by atoms with Crippen LogP contribution in [0.25, 0.3) is 0 Å². The molecule has 2 aromatic heterocycles. The average molecular weight is 684 g/mol. The highest BCUT2D eigenvalue weighted by atomic mass is 32.1. The summed E-state index contributed by atoms with van der Waals surface area (Å²) in [5, 5.41) is 18.1. The number of nitrogens with zero attached hydrogens (tertiary/aromatic N) is 3. The molecule has 0 radical (unpaired) electrons. The molecule has 1 saturated heterocycles. The Morgan fingerprint density at radius 2 is 2.02 bits per heavy atom. The van der Waals surface area contributed by atoms with Gasteiger partial charge in [0, 0.05) is 36.7 Å². The molecule has 2 bridgehead atoms. The lowest BCUT2D eigenvalue weighted by molar-refractivity contribution is -0.159. The number of rotatable bonds is 4. The van der Waals surface area contributed by atoms with Gasteiger partial charge in [0.25, 0.3) is 5.91 Å². The van der Waals surface area contributed by atoms with E-state index in [9.17, 15) is 29.1 Å². The monoisotopic (exact) mass is 683 g/mol. The number of esters is 1. The standard InChI is InChI=1S/C33H41N5O9S/c1-19-7-5-11-34-28(41)10-9-20(2)30(21(3)16-46-33(44)37-27-18-48-22(4)35-27)47-32(43)26-8-6-12-38(26)31(42)25-17-45-29(36-25)15-24(40)14-23(39)13-19/h5,7,9-10,13,17-18,20-21,23,26,30,39H,6,8,11-12,14-16H2,1-4H3,(H,34,41)(H,37,44)/b7-5+,10-9+,19-13+/t20-,21+,23-,26-,30+/m1/s1. The molecule has 15 heteroatoms. The molecule has 14 nitrogen and oxygen atoms in total. The Balaban J connectivity index is 1.54. The number of carbonyl (C=O) groups is 5. The summed E-state index contributed by atoms with van der Waals surface area (Å²) in [4.78, 5) is 74.3. The van der Waals surface area contributed by atoms with Crippen LogP contribution in [-0.2, 0) is 30.3 Å². The van der Waals surface area contributed by atoms with Gasteiger partial charge in [0.05, 0.1) is 24.1 Å². The lowest BCUT2D eigenvalue weighted by Crippen LogP contribution is -2.44. The summed E-state index contributed by atoms with van der Waals surface area (Å²) in [5.74, 6) is -2.54. The van der Waals surface area contributed by atoms with Crippen LogP contribution >= 0.6 is 11.3 Å². The Bertz CT molecular complexity index is 1580. The maximum absolute atomic E-state index is 13.6. The van der Waals surface area contributed by atoms with Gasteiger partial charge in [-0.15, -0.1) is 11.3 Å². The molecule has 0 spiro atoms. The number of ketones is 1. The van der Waals surface area contributed by atoms with Gasteiger partial charge in [-0.3, -0.25) is 19.7 Å². The van der Waals surface area contributed by atoms with E-state index in [4.69, 9.17) is 13.9 Å². The number of anilines is 1. The number of cyclic esters (lactones) is 1. The van der Waals surface area contributed by atoms with Crippen molar-refractivity contribution in [3.8, 4) is 0 Å². The van der Waals surface area contributed by atoms with E-state index < -0.39 is 48.1 Å². The maximum Gasteiger partial charge on any atom is 0.412 e. The van der Waals surface area contributed by atoms with E-state index in [1.54, 1.807) is 44.4 Å². The number of aryl methyl sites for hydroxylation is 1. The van der Waals surface area contributed by atoms with Crippen LogP contribution in [0.5, 0.6) is 0 Å². The summed E-state index contributed by atoms with van der Waals surface area (Å²) in [6.07, 6.45) is 6.91. The number of aliphatic hydroxyl groups excluding tert-OH is 1. The second-order valence-electron chi connectivity index (χ2n) is 11.9. The van der Waals surface area contributed by atoms with Crippen LogP contribution in [0.1, 0.15) is 61.4 Å². The molecule has 48 heavy (non-hydrogen) atoms. The van der Waals surface area contributed by atoms with Gasteiger partial charge in [-0.2, -0.15) is 0 Å². The number of hydrogen-bond acceptors (Lipinski definition) is 12. The fourth-order valence-corrected chi connectivity index (χ4v) is 5.96. The molecule has 2 aliphatic rings. The fraction of sp³-hybridized carbons (Fsp3) is 0.485. The summed E-state index contributed by atoms with van der Waals surface area (Å²) in [5.41, 5.74) is 0.631. The number of aliphatic hydroxyl groups is 1. The summed E-state index contributed by atoms with van der Waals surface area (Å²) in [7, 11) is 0. The van der Waals surface area contributed by atoms with E-state index >= 15 is 0 Å². The first-order valence-electron chi connectivity index (χ1n) is 15.7. The van der Waals surface area contributed by atoms with Crippen LogP contribution in [0, 0.1) is 18.8 Å². The summed E-state index contributed by atoms with van der Waals surface area (Å²) in [6, 6.07) is -0.913. The van der Waals surface area contributed by atoms with Crippen LogP contribution in [0.15, 0.2) is 52.0 Å².